The lowest BCUT2D eigenvalue weighted by Crippen LogP contribution is -2.14. The zero-order chi connectivity index (χ0) is 14.8. The van der Waals surface area contributed by atoms with Crippen molar-refractivity contribution in [3.05, 3.63) is 34.6 Å². The number of rotatable bonds is 5. The Labute approximate surface area is 134 Å². The Balaban J connectivity index is 2.28. The van der Waals surface area contributed by atoms with E-state index in [1.807, 2.05) is 0 Å². The number of benzene rings is 1. The van der Waals surface area contributed by atoms with Crippen LogP contribution in [-0.2, 0) is 16.4 Å². The first kappa shape index (κ1) is 15.7. The molecule has 0 aliphatic heterocycles. The van der Waals surface area contributed by atoms with Gasteiger partial charge in [-0.15, -0.1) is 0 Å². The molecule has 1 N–H and O–H groups in total. The monoisotopic (exact) mass is 395 g/mol. The van der Waals surface area contributed by atoms with Gasteiger partial charge in [-0.1, -0.05) is 33.6 Å². The lowest BCUT2D eigenvalue weighted by Gasteiger charge is -2.08. The minimum absolute atomic E-state index is 0.141. The molecule has 108 valence electrons. The number of nitrogens with zero attached hydrogens (tertiary/aromatic N) is 2. The van der Waals surface area contributed by atoms with Gasteiger partial charge in [0, 0.05) is 28.3 Å². The summed E-state index contributed by atoms with van der Waals surface area (Å²) in [6.07, 6.45) is 0.647. The largest absolute Gasteiger partial charge is 0.264 e. The number of aromatic nitrogens is 2. The van der Waals surface area contributed by atoms with Crippen molar-refractivity contribution in [3.63, 3.8) is 0 Å². The van der Waals surface area contributed by atoms with Crippen molar-refractivity contribution in [1.82, 2.24) is 9.36 Å². The van der Waals surface area contributed by atoms with Gasteiger partial charge in [-0.3, -0.25) is 4.72 Å². The number of alkyl halides is 1. The fourth-order valence-corrected chi connectivity index (χ4v) is 4.22. The van der Waals surface area contributed by atoms with E-state index in [4.69, 9.17) is 11.6 Å². The highest BCUT2D eigenvalue weighted by atomic mass is 79.9. The highest BCUT2D eigenvalue weighted by Crippen LogP contribution is 2.25. The average Bonchev–Trinajstić information content (AvgIpc) is 2.79. The van der Waals surface area contributed by atoms with Gasteiger partial charge in [-0.25, -0.2) is 13.4 Å². The number of halogens is 2. The quantitative estimate of drug-likeness (QED) is 0.788. The van der Waals surface area contributed by atoms with Crippen LogP contribution in [0.4, 0.5) is 5.13 Å². The summed E-state index contributed by atoms with van der Waals surface area (Å²) in [4.78, 5) is 4.26. The molecule has 1 heterocycles. The van der Waals surface area contributed by atoms with Crippen molar-refractivity contribution in [2.24, 2.45) is 0 Å². The fraction of sp³-hybridized carbons (Fsp3) is 0.273. The van der Waals surface area contributed by atoms with Crippen LogP contribution < -0.4 is 4.72 Å². The van der Waals surface area contributed by atoms with E-state index in [-0.39, 0.29) is 10.0 Å². The Morgan fingerprint density at radius 1 is 1.45 bits per heavy atom. The SMILES string of the molecule is Cc1c(Cl)cccc1S(=O)(=O)Nc1nc(CCBr)ns1. The van der Waals surface area contributed by atoms with Gasteiger partial charge in [-0.2, -0.15) is 4.37 Å². The van der Waals surface area contributed by atoms with Crippen molar-refractivity contribution >= 4 is 54.2 Å². The molecule has 0 saturated heterocycles. The molecular formula is C11H11BrClN3O2S2. The molecule has 0 aliphatic rings. The molecule has 0 saturated carbocycles. The maximum Gasteiger partial charge on any atom is 0.264 e. The van der Waals surface area contributed by atoms with Gasteiger partial charge in [0.05, 0.1) is 4.90 Å². The second kappa shape index (κ2) is 6.38. The number of hydrogen-bond acceptors (Lipinski definition) is 5. The standard InChI is InChI=1S/C11H11BrClN3O2S2/c1-7-8(13)3-2-4-9(7)20(17,18)16-11-14-10(5-6-12)15-19-11/h2-4H,5-6H2,1H3,(H,14,15,16). The van der Waals surface area contributed by atoms with Crippen LogP contribution in [0.25, 0.3) is 0 Å². The van der Waals surface area contributed by atoms with Gasteiger partial charge in [-0.05, 0) is 24.6 Å². The molecule has 0 aliphatic carbocycles. The summed E-state index contributed by atoms with van der Waals surface area (Å²) in [6, 6.07) is 4.75. The first-order valence-electron chi connectivity index (χ1n) is 5.60. The van der Waals surface area contributed by atoms with Crippen LogP contribution in [0.15, 0.2) is 23.1 Å². The molecule has 5 nitrogen and oxygen atoms in total. The molecule has 2 aromatic rings. The van der Waals surface area contributed by atoms with E-state index < -0.39 is 10.0 Å². The molecule has 0 amide bonds. The molecule has 0 fully saturated rings. The van der Waals surface area contributed by atoms with E-state index >= 15 is 0 Å². The van der Waals surface area contributed by atoms with Gasteiger partial charge < -0.3 is 0 Å². The zero-order valence-electron chi connectivity index (χ0n) is 10.4. The highest BCUT2D eigenvalue weighted by molar-refractivity contribution is 9.09. The number of aryl methyl sites for hydroxylation is 1. The zero-order valence-corrected chi connectivity index (χ0v) is 14.4. The Morgan fingerprint density at radius 2 is 2.20 bits per heavy atom. The summed E-state index contributed by atoms with van der Waals surface area (Å²) < 4.78 is 31.1. The molecule has 0 bridgehead atoms. The van der Waals surface area contributed by atoms with Crippen LogP contribution in [0.5, 0.6) is 0 Å². The van der Waals surface area contributed by atoms with Crippen molar-refractivity contribution in [2.45, 2.75) is 18.2 Å². The van der Waals surface area contributed by atoms with Crippen LogP contribution in [0.1, 0.15) is 11.4 Å². The second-order valence-corrected chi connectivity index (χ2v) is 7.53. The molecule has 1 aromatic heterocycles. The van der Waals surface area contributed by atoms with Crippen LogP contribution in [0.2, 0.25) is 5.02 Å². The van der Waals surface area contributed by atoms with Crippen molar-refractivity contribution in [1.29, 1.82) is 0 Å². The minimum Gasteiger partial charge on any atom is -0.253 e. The lowest BCUT2D eigenvalue weighted by atomic mass is 10.2. The van der Waals surface area contributed by atoms with Crippen LogP contribution in [0.3, 0.4) is 0 Å². The van der Waals surface area contributed by atoms with E-state index in [1.165, 1.54) is 6.07 Å². The van der Waals surface area contributed by atoms with Gasteiger partial charge in [0.15, 0.2) is 0 Å². The van der Waals surface area contributed by atoms with Crippen molar-refractivity contribution in [3.8, 4) is 0 Å². The summed E-state index contributed by atoms with van der Waals surface area (Å²) in [6.45, 7) is 1.66. The molecule has 2 rings (SSSR count). The van der Waals surface area contributed by atoms with Crippen LogP contribution >= 0.6 is 39.1 Å². The third kappa shape index (κ3) is 3.49. The summed E-state index contributed by atoms with van der Waals surface area (Å²) in [5, 5.41) is 1.38. The van der Waals surface area contributed by atoms with Crippen LogP contribution in [-0.4, -0.2) is 23.1 Å². The maximum absolute atomic E-state index is 12.3. The predicted octanol–water partition coefficient (Wildman–Crippen LogP) is 3.24. The van der Waals surface area contributed by atoms with Crippen LogP contribution in [0, 0.1) is 6.92 Å². The average molecular weight is 397 g/mol. The topological polar surface area (TPSA) is 72.0 Å². The second-order valence-electron chi connectivity index (χ2n) is 3.92. The summed E-state index contributed by atoms with van der Waals surface area (Å²) >= 11 is 10.2. The third-order valence-electron chi connectivity index (χ3n) is 2.52. The Hall–Kier alpha value is -0.700. The van der Waals surface area contributed by atoms with Gasteiger partial charge in [0.1, 0.15) is 5.82 Å². The Bertz CT molecular complexity index is 718. The fourth-order valence-electron chi connectivity index (χ4n) is 1.53. The first-order chi connectivity index (χ1) is 9.44. The van der Waals surface area contributed by atoms with E-state index in [1.54, 1.807) is 19.1 Å². The smallest absolute Gasteiger partial charge is 0.253 e. The third-order valence-corrected chi connectivity index (χ3v) is 5.60. The minimum atomic E-state index is -3.71. The van der Waals surface area contributed by atoms with Crippen molar-refractivity contribution < 1.29 is 8.42 Å². The van der Waals surface area contributed by atoms with E-state index in [9.17, 15) is 8.42 Å². The normalized spacial score (nSPS) is 11.6. The summed E-state index contributed by atoms with van der Waals surface area (Å²) in [5.41, 5.74) is 0.506. The molecule has 0 spiro atoms. The first-order valence-corrected chi connectivity index (χ1v) is 9.36. The molecule has 0 atom stereocenters. The molecule has 0 unspecified atom stereocenters. The predicted molar refractivity (Wildman–Crippen MR) is 84.4 cm³/mol. The summed E-state index contributed by atoms with van der Waals surface area (Å²) in [5.74, 6) is 0.604. The number of nitrogens with one attached hydrogen (secondary N) is 1. The van der Waals surface area contributed by atoms with E-state index in [2.05, 4.69) is 30.0 Å². The maximum atomic E-state index is 12.3. The molecular weight excluding hydrogens is 386 g/mol. The molecule has 20 heavy (non-hydrogen) atoms. The summed E-state index contributed by atoms with van der Waals surface area (Å²) in [7, 11) is -3.71. The lowest BCUT2D eigenvalue weighted by molar-refractivity contribution is 0.600. The molecule has 0 radical (unpaired) electrons. The van der Waals surface area contributed by atoms with Crippen molar-refractivity contribution in [2.75, 3.05) is 10.1 Å². The van der Waals surface area contributed by atoms with Gasteiger partial charge >= 0.3 is 0 Å². The molecule has 9 heteroatoms. The highest BCUT2D eigenvalue weighted by Gasteiger charge is 2.20. The number of sulfonamides is 1. The Morgan fingerprint density at radius 3 is 2.90 bits per heavy atom. The van der Waals surface area contributed by atoms with E-state index in [0.717, 1.165) is 16.9 Å². The number of hydrogen-bond donors (Lipinski definition) is 1. The van der Waals surface area contributed by atoms with Gasteiger partial charge in [0.25, 0.3) is 10.0 Å². The van der Waals surface area contributed by atoms with E-state index in [0.29, 0.717) is 22.8 Å². The molecule has 1 aromatic carbocycles. The Kier molecular flexibility index (Phi) is 5.00. The van der Waals surface area contributed by atoms with Gasteiger partial charge in [0.2, 0.25) is 5.13 Å². The number of anilines is 1.